The molecule has 0 saturated heterocycles. The lowest BCUT2D eigenvalue weighted by molar-refractivity contribution is -0.141. The molecule has 2 nitrogen and oxygen atoms in total. The zero-order chi connectivity index (χ0) is 12.3. The molecule has 2 heteroatoms. The summed E-state index contributed by atoms with van der Waals surface area (Å²) in [7, 11) is 0. The van der Waals surface area contributed by atoms with Crippen LogP contribution in [0.2, 0.25) is 0 Å². The third-order valence-corrected chi connectivity index (χ3v) is 2.65. The van der Waals surface area contributed by atoms with Gasteiger partial charge in [-0.3, -0.25) is 4.79 Å². The van der Waals surface area contributed by atoms with Gasteiger partial charge in [0, 0.05) is 0 Å². The first kappa shape index (κ1) is 16.9. The fourth-order valence-corrected chi connectivity index (χ4v) is 1.58. The summed E-state index contributed by atoms with van der Waals surface area (Å²) in [6.45, 7) is 10.1. The lowest BCUT2D eigenvalue weighted by atomic mass is 9.89. The minimum absolute atomic E-state index is 0.179. The van der Waals surface area contributed by atoms with Crippen molar-refractivity contribution in [1.82, 2.24) is 0 Å². The topological polar surface area (TPSA) is 37.3 Å². The van der Waals surface area contributed by atoms with Crippen molar-refractivity contribution >= 4 is 5.97 Å². The molecule has 0 saturated carbocycles. The van der Waals surface area contributed by atoms with Crippen molar-refractivity contribution < 1.29 is 9.90 Å². The number of hydrogen-bond donors (Lipinski definition) is 1. The molecule has 0 aliphatic rings. The standard InChI is InChI=1S/C11H22O2.C2H6/c1-4-6-7-10(5-2)8-9(3)11(12)13;1-2/h9-10H,4-8H2,1-3H3,(H,12,13);1-2H3. The minimum atomic E-state index is -0.657. The Balaban J connectivity index is 0. The van der Waals surface area contributed by atoms with E-state index < -0.39 is 5.97 Å². The third kappa shape index (κ3) is 9.77. The van der Waals surface area contributed by atoms with E-state index in [1.54, 1.807) is 6.92 Å². The van der Waals surface area contributed by atoms with E-state index in [1.165, 1.54) is 19.3 Å². The average Bonchev–Trinajstić information content (AvgIpc) is 2.26. The molecule has 2 atom stereocenters. The molecule has 92 valence electrons. The van der Waals surface area contributed by atoms with E-state index in [-0.39, 0.29) is 5.92 Å². The molecule has 0 radical (unpaired) electrons. The van der Waals surface area contributed by atoms with Gasteiger partial charge in [0.25, 0.3) is 0 Å². The molecule has 0 rings (SSSR count). The Kier molecular flexibility index (Phi) is 13.0. The van der Waals surface area contributed by atoms with Crippen LogP contribution in [0.15, 0.2) is 0 Å². The van der Waals surface area contributed by atoms with Crippen molar-refractivity contribution in [2.24, 2.45) is 11.8 Å². The van der Waals surface area contributed by atoms with Gasteiger partial charge in [-0.1, -0.05) is 60.3 Å². The summed E-state index contributed by atoms with van der Waals surface area (Å²) >= 11 is 0. The number of carboxylic acid groups (broad SMARTS) is 1. The maximum atomic E-state index is 10.6. The van der Waals surface area contributed by atoms with Crippen LogP contribution < -0.4 is 0 Å². The van der Waals surface area contributed by atoms with Crippen LogP contribution in [0.25, 0.3) is 0 Å². The molecule has 0 aromatic carbocycles. The van der Waals surface area contributed by atoms with Gasteiger partial charge in [0.05, 0.1) is 5.92 Å². The molecule has 0 amide bonds. The summed E-state index contributed by atoms with van der Waals surface area (Å²) < 4.78 is 0. The number of rotatable bonds is 7. The van der Waals surface area contributed by atoms with Gasteiger partial charge in [-0.2, -0.15) is 0 Å². The quantitative estimate of drug-likeness (QED) is 0.687. The first-order chi connectivity index (χ1) is 7.11. The maximum absolute atomic E-state index is 10.6. The first-order valence-electron chi connectivity index (χ1n) is 6.34. The zero-order valence-corrected chi connectivity index (χ0v) is 11.0. The van der Waals surface area contributed by atoms with Crippen molar-refractivity contribution in [3.05, 3.63) is 0 Å². The molecule has 0 aliphatic carbocycles. The van der Waals surface area contributed by atoms with E-state index in [1.807, 2.05) is 13.8 Å². The average molecular weight is 216 g/mol. The second-order valence-corrected chi connectivity index (χ2v) is 3.89. The Morgan fingerprint density at radius 1 is 1.27 bits per heavy atom. The summed E-state index contributed by atoms with van der Waals surface area (Å²) in [5, 5.41) is 8.75. The zero-order valence-electron chi connectivity index (χ0n) is 11.0. The van der Waals surface area contributed by atoms with E-state index in [2.05, 4.69) is 13.8 Å². The minimum Gasteiger partial charge on any atom is -0.481 e. The van der Waals surface area contributed by atoms with Crippen molar-refractivity contribution in [2.75, 3.05) is 0 Å². The maximum Gasteiger partial charge on any atom is 0.306 e. The molecule has 1 N–H and O–H groups in total. The van der Waals surface area contributed by atoms with E-state index in [0.29, 0.717) is 5.92 Å². The molecule has 0 aromatic heterocycles. The number of unbranched alkanes of at least 4 members (excludes halogenated alkanes) is 1. The van der Waals surface area contributed by atoms with Crippen LogP contribution in [0.5, 0.6) is 0 Å². The molecule has 0 fully saturated rings. The highest BCUT2D eigenvalue weighted by Crippen LogP contribution is 2.21. The first-order valence-corrected chi connectivity index (χ1v) is 6.34. The Labute approximate surface area is 95.1 Å². The van der Waals surface area contributed by atoms with E-state index >= 15 is 0 Å². The van der Waals surface area contributed by atoms with Crippen LogP contribution in [0.3, 0.4) is 0 Å². The second-order valence-electron chi connectivity index (χ2n) is 3.89. The largest absolute Gasteiger partial charge is 0.481 e. The van der Waals surface area contributed by atoms with Gasteiger partial charge >= 0.3 is 5.97 Å². The lowest BCUT2D eigenvalue weighted by Gasteiger charge is -2.16. The number of carboxylic acids is 1. The van der Waals surface area contributed by atoms with E-state index in [9.17, 15) is 4.79 Å². The van der Waals surface area contributed by atoms with Crippen LogP contribution in [0, 0.1) is 11.8 Å². The van der Waals surface area contributed by atoms with Gasteiger partial charge in [-0.05, 0) is 12.3 Å². The third-order valence-electron chi connectivity index (χ3n) is 2.65. The van der Waals surface area contributed by atoms with Crippen LogP contribution in [0.4, 0.5) is 0 Å². The molecule has 0 bridgehead atoms. The van der Waals surface area contributed by atoms with Crippen LogP contribution >= 0.6 is 0 Å². The Morgan fingerprint density at radius 2 is 1.80 bits per heavy atom. The molecule has 15 heavy (non-hydrogen) atoms. The highest BCUT2D eigenvalue weighted by molar-refractivity contribution is 5.69. The van der Waals surface area contributed by atoms with E-state index in [4.69, 9.17) is 5.11 Å². The van der Waals surface area contributed by atoms with Crippen molar-refractivity contribution in [1.29, 1.82) is 0 Å². The van der Waals surface area contributed by atoms with E-state index in [0.717, 1.165) is 12.8 Å². The molecule has 0 spiro atoms. The molecular weight excluding hydrogens is 188 g/mol. The van der Waals surface area contributed by atoms with Crippen molar-refractivity contribution in [3.8, 4) is 0 Å². The SMILES string of the molecule is CC.CCCCC(CC)CC(C)C(=O)O. The molecule has 0 aliphatic heterocycles. The van der Waals surface area contributed by atoms with Crippen molar-refractivity contribution in [2.45, 2.75) is 66.7 Å². The molecular formula is C13H28O2. The van der Waals surface area contributed by atoms with Gasteiger partial charge in [-0.15, -0.1) is 0 Å². The van der Waals surface area contributed by atoms with Gasteiger partial charge < -0.3 is 5.11 Å². The summed E-state index contributed by atoms with van der Waals surface area (Å²) in [5.74, 6) is -0.234. The summed E-state index contributed by atoms with van der Waals surface area (Å²) in [6, 6.07) is 0. The van der Waals surface area contributed by atoms with Gasteiger partial charge in [0.15, 0.2) is 0 Å². The van der Waals surface area contributed by atoms with Crippen LogP contribution in [-0.4, -0.2) is 11.1 Å². The number of carbonyl (C=O) groups is 1. The monoisotopic (exact) mass is 216 g/mol. The molecule has 0 heterocycles. The van der Waals surface area contributed by atoms with Gasteiger partial charge in [0.2, 0.25) is 0 Å². The van der Waals surface area contributed by atoms with Gasteiger partial charge in [-0.25, -0.2) is 0 Å². The normalized spacial score (nSPS) is 13.7. The van der Waals surface area contributed by atoms with Crippen LogP contribution in [-0.2, 0) is 4.79 Å². The lowest BCUT2D eigenvalue weighted by Crippen LogP contribution is -2.14. The second kappa shape index (κ2) is 11.5. The Hall–Kier alpha value is -0.530. The molecule has 0 aromatic rings. The number of aliphatic carboxylic acids is 1. The predicted octanol–water partition coefficient (Wildman–Crippen LogP) is 4.34. The smallest absolute Gasteiger partial charge is 0.306 e. The predicted molar refractivity (Wildman–Crippen MR) is 66.1 cm³/mol. The summed E-state index contributed by atoms with van der Waals surface area (Å²) in [6.07, 6.45) is 5.57. The van der Waals surface area contributed by atoms with Crippen molar-refractivity contribution in [3.63, 3.8) is 0 Å². The summed E-state index contributed by atoms with van der Waals surface area (Å²) in [4.78, 5) is 10.6. The highest BCUT2D eigenvalue weighted by Gasteiger charge is 2.16. The van der Waals surface area contributed by atoms with Gasteiger partial charge in [0.1, 0.15) is 0 Å². The molecule has 2 unspecified atom stereocenters. The summed E-state index contributed by atoms with van der Waals surface area (Å²) in [5.41, 5.74) is 0. The van der Waals surface area contributed by atoms with Crippen LogP contribution in [0.1, 0.15) is 66.7 Å². The fraction of sp³-hybridized carbons (Fsp3) is 0.923. The highest BCUT2D eigenvalue weighted by atomic mass is 16.4. The fourth-order valence-electron chi connectivity index (χ4n) is 1.58. The number of hydrogen-bond acceptors (Lipinski definition) is 1. The Bertz CT molecular complexity index is 143. The Morgan fingerprint density at radius 3 is 2.13 bits per heavy atom.